The molecule has 0 unspecified atom stereocenters. The van der Waals surface area contributed by atoms with Crippen LogP contribution in [0.5, 0.6) is 0 Å². The molecular formula is C16H13Cl2NO. The number of aromatic nitrogens is 1. The summed E-state index contributed by atoms with van der Waals surface area (Å²) in [5.74, 6) is 0. The Morgan fingerprint density at radius 1 is 1.00 bits per heavy atom. The van der Waals surface area contributed by atoms with Gasteiger partial charge in [0.2, 0.25) is 0 Å². The predicted molar refractivity (Wildman–Crippen MR) is 83.4 cm³/mol. The van der Waals surface area contributed by atoms with Crippen LogP contribution in [0.4, 0.5) is 0 Å². The van der Waals surface area contributed by atoms with Crippen LogP contribution in [0.1, 0.15) is 11.1 Å². The van der Waals surface area contributed by atoms with E-state index in [1.54, 1.807) is 6.07 Å². The van der Waals surface area contributed by atoms with E-state index in [0.29, 0.717) is 16.6 Å². The van der Waals surface area contributed by atoms with Crippen LogP contribution in [0, 0.1) is 0 Å². The number of hydrogen-bond donors (Lipinski definition) is 1. The van der Waals surface area contributed by atoms with E-state index in [0.717, 1.165) is 22.0 Å². The quantitative estimate of drug-likeness (QED) is 0.758. The molecule has 0 aliphatic rings. The minimum absolute atomic E-state index is 0.0409. The first-order valence-electron chi connectivity index (χ1n) is 6.30. The molecule has 4 heteroatoms. The number of benzene rings is 2. The zero-order chi connectivity index (χ0) is 14.1. The van der Waals surface area contributed by atoms with Crippen LogP contribution < -0.4 is 0 Å². The van der Waals surface area contributed by atoms with Crippen LogP contribution in [0.2, 0.25) is 10.0 Å². The first-order valence-corrected chi connectivity index (χ1v) is 7.06. The maximum Gasteiger partial charge on any atom is 0.0688 e. The molecule has 1 heterocycles. The van der Waals surface area contributed by atoms with Crippen molar-refractivity contribution in [1.29, 1.82) is 0 Å². The fourth-order valence-electron chi connectivity index (χ4n) is 2.41. The molecule has 3 aromatic rings. The third-order valence-corrected chi connectivity index (χ3v) is 4.03. The first kappa shape index (κ1) is 13.5. The van der Waals surface area contributed by atoms with E-state index in [-0.39, 0.29) is 6.61 Å². The largest absolute Gasteiger partial charge is 0.392 e. The van der Waals surface area contributed by atoms with Gasteiger partial charge in [-0.25, -0.2) is 0 Å². The number of hydrogen-bond acceptors (Lipinski definition) is 1. The summed E-state index contributed by atoms with van der Waals surface area (Å²) in [7, 11) is 0. The van der Waals surface area contributed by atoms with Crippen molar-refractivity contribution in [3.05, 3.63) is 69.8 Å². The van der Waals surface area contributed by atoms with Gasteiger partial charge in [0, 0.05) is 33.7 Å². The Morgan fingerprint density at radius 2 is 1.85 bits per heavy atom. The number of aliphatic hydroxyl groups is 1. The summed E-state index contributed by atoms with van der Waals surface area (Å²) in [5.41, 5.74) is 2.98. The molecule has 2 nitrogen and oxygen atoms in total. The van der Waals surface area contributed by atoms with Gasteiger partial charge < -0.3 is 9.67 Å². The Labute approximate surface area is 127 Å². The lowest BCUT2D eigenvalue weighted by molar-refractivity contribution is 0.283. The van der Waals surface area contributed by atoms with E-state index < -0.39 is 0 Å². The van der Waals surface area contributed by atoms with Crippen molar-refractivity contribution < 1.29 is 5.11 Å². The minimum Gasteiger partial charge on any atom is -0.392 e. The van der Waals surface area contributed by atoms with E-state index in [1.807, 2.05) is 42.6 Å². The summed E-state index contributed by atoms with van der Waals surface area (Å²) < 4.78 is 2.10. The lowest BCUT2D eigenvalue weighted by atomic mass is 10.1. The molecule has 1 aromatic heterocycles. The molecule has 0 aliphatic heterocycles. The number of halogens is 2. The monoisotopic (exact) mass is 305 g/mol. The van der Waals surface area contributed by atoms with Crippen LogP contribution in [-0.2, 0) is 13.2 Å². The van der Waals surface area contributed by atoms with Crippen molar-refractivity contribution in [2.24, 2.45) is 0 Å². The molecule has 0 atom stereocenters. The number of fused-ring (bicyclic) bond motifs is 1. The Balaban J connectivity index is 2.05. The molecule has 0 fully saturated rings. The summed E-state index contributed by atoms with van der Waals surface area (Å²) in [6, 6.07) is 13.4. The molecule has 0 bridgehead atoms. The topological polar surface area (TPSA) is 25.2 Å². The van der Waals surface area contributed by atoms with Crippen molar-refractivity contribution in [2.45, 2.75) is 13.2 Å². The highest BCUT2D eigenvalue weighted by Gasteiger charge is 2.07. The van der Waals surface area contributed by atoms with Gasteiger partial charge in [-0.1, -0.05) is 35.3 Å². The molecule has 3 rings (SSSR count). The number of aliphatic hydroxyl groups excluding tert-OH is 1. The highest BCUT2D eigenvalue weighted by atomic mass is 35.5. The van der Waals surface area contributed by atoms with Gasteiger partial charge in [0.05, 0.1) is 6.61 Å². The van der Waals surface area contributed by atoms with Gasteiger partial charge in [-0.05, 0) is 41.5 Å². The van der Waals surface area contributed by atoms with Crippen LogP contribution in [0.15, 0.2) is 48.7 Å². The van der Waals surface area contributed by atoms with Gasteiger partial charge in [-0.2, -0.15) is 0 Å². The van der Waals surface area contributed by atoms with E-state index in [2.05, 4.69) is 4.57 Å². The second-order valence-electron chi connectivity index (χ2n) is 4.69. The van der Waals surface area contributed by atoms with Crippen LogP contribution in [0.25, 0.3) is 10.9 Å². The molecule has 0 saturated carbocycles. The Morgan fingerprint density at radius 3 is 2.65 bits per heavy atom. The molecule has 1 N–H and O–H groups in total. The summed E-state index contributed by atoms with van der Waals surface area (Å²) in [4.78, 5) is 0. The fourth-order valence-corrected chi connectivity index (χ4v) is 2.78. The summed E-state index contributed by atoms with van der Waals surface area (Å²) >= 11 is 12.2. The number of nitrogens with zero attached hydrogens (tertiary/aromatic N) is 1. The molecule has 0 spiro atoms. The highest BCUT2D eigenvalue weighted by molar-refractivity contribution is 6.33. The Hall–Kier alpha value is -1.48. The second kappa shape index (κ2) is 5.49. The summed E-state index contributed by atoms with van der Waals surface area (Å²) in [6.07, 6.45) is 2.00. The molecule has 2 aromatic carbocycles. The number of rotatable bonds is 3. The predicted octanol–water partition coefficient (Wildman–Crippen LogP) is 4.49. The second-order valence-corrected chi connectivity index (χ2v) is 5.53. The highest BCUT2D eigenvalue weighted by Crippen LogP contribution is 2.25. The van der Waals surface area contributed by atoms with E-state index >= 15 is 0 Å². The summed E-state index contributed by atoms with van der Waals surface area (Å²) in [5, 5.41) is 11.8. The Bertz CT molecular complexity index is 764. The molecule has 0 aliphatic carbocycles. The molecule has 0 amide bonds. The van der Waals surface area contributed by atoms with Crippen molar-refractivity contribution >= 4 is 34.1 Å². The zero-order valence-corrected chi connectivity index (χ0v) is 12.2. The average molecular weight is 306 g/mol. The normalized spacial score (nSPS) is 11.2. The lowest BCUT2D eigenvalue weighted by Crippen LogP contribution is -1.99. The van der Waals surface area contributed by atoms with Crippen LogP contribution >= 0.6 is 23.2 Å². The first-order chi connectivity index (χ1) is 9.69. The standard InChI is InChI=1S/C16H13Cl2NO/c17-13-4-5-15(18)12(8-13)9-19-7-6-14-11(10-20)2-1-3-16(14)19/h1-8,20H,9-10H2. The van der Waals surface area contributed by atoms with Gasteiger partial charge in [0.1, 0.15) is 0 Å². The third kappa shape index (κ3) is 2.42. The van der Waals surface area contributed by atoms with Crippen LogP contribution in [0.3, 0.4) is 0 Å². The van der Waals surface area contributed by atoms with Gasteiger partial charge in [0.15, 0.2) is 0 Å². The van der Waals surface area contributed by atoms with Crippen molar-refractivity contribution in [1.82, 2.24) is 4.57 Å². The van der Waals surface area contributed by atoms with Gasteiger partial charge in [0.25, 0.3) is 0 Å². The molecule has 0 radical (unpaired) electrons. The van der Waals surface area contributed by atoms with Crippen LogP contribution in [-0.4, -0.2) is 9.67 Å². The van der Waals surface area contributed by atoms with Crippen molar-refractivity contribution in [2.75, 3.05) is 0 Å². The van der Waals surface area contributed by atoms with Gasteiger partial charge >= 0.3 is 0 Å². The third-order valence-electron chi connectivity index (χ3n) is 3.42. The fraction of sp³-hybridized carbons (Fsp3) is 0.125. The van der Waals surface area contributed by atoms with Crippen molar-refractivity contribution in [3.8, 4) is 0 Å². The van der Waals surface area contributed by atoms with E-state index in [4.69, 9.17) is 23.2 Å². The molecule has 20 heavy (non-hydrogen) atoms. The molecule has 102 valence electrons. The zero-order valence-electron chi connectivity index (χ0n) is 10.7. The maximum atomic E-state index is 9.37. The van der Waals surface area contributed by atoms with Crippen molar-refractivity contribution in [3.63, 3.8) is 0 Å². The Kier molecular flexibility index (Phi) is 3.70. The van der Waals surface area contributed by atoms with Gasteiger partial charge in [-0.15, -0.1) is 0 Å². The maximum absolute atomic E-state index is 9.37. The summed E-state index contributed by atoms with van der Waals surface area (Å²) in [6.45, 7) is 0.692. The SMILES string of the molecule is OCc1cccc2c1ccn2Cc1cc(Cl)ccc1Cl. The van der Waals surface area contributed by atoms with Gasteiger partial charge in [-0.3, -0.25) is 0 Å². The lowest BCUT2D eigenvalue weighted by Gasteiger charge is -2.09. The molecular weight excluding hydrogens is 293 g/mol. The van der Waals surface area contributed by atoms with E-state index in [9.17, 15) is 5.11 Å². The van der Waals surface area contributed by atoms with E-state index in [1.165, 1.54) is 0 Å². The minimum atomic E-state index is 0.0409. The molecule has 0 saturated heterocycles. The smallest absolute Gasteiger partial charge is 0.0688 e. The average Bonchev–Trinajstić information content (AvgIpc) is 2.86.